The Labute approximate surface area is 259 Å². The van der Waals surface area contributed by atoms with E-state index in [0.29, 0.717) is 23.9 Å². The normalized spacial score (nSPS) is 21.2. The van der Waals surface area contributed by atoms with Gasteiger partial charge in [0.2, 0.25) is 0 Å². The highest BCUT2D eigenvalue weighted by molar-refractivity contribution is 7.90. The van der Waals surface area contributed by atoms with Crippen LogP contribution in [-0.4, -0.2) is 46.0 Å². The van der Waals surface area contributed by atoms with Crippen molar-refractivity contribution in [1.29, 1.82) is 0 Å². The molecule has 3 saturated carbocycles. The molecule has 10 nitrogen and oxygen atoms in total. The van der Waals surface area contributed by atoms with Crippen molar-refractivity contribution in [2.75, 3.05) is 11.9 Å². The van der Waals surface area contributed by atoms with Crippen molar-refractivity contribution >= 4 is 32.8 Å². The summed E-state index contributed by atoms with van der Waals surface area (Å²) >= 11 is 0. The van der Waals surface area contributed by atoms with Gasteiger partial charge in [0, 0.05) is 29.3 Å². The highest BCUT2D eigenvalue weighted by Crippen LogP contribution is 2.47. The second-order valence-electron chi connectivity index (χ2n) is 11.7. The van der Waals surface area contributed by atoms with Crippen LogP contribution in [0.1, 0.15) is 38.2 Å². The van der Waals surface area contributed by atoms with Crippen LogP contribution >= 0.6 is 0 Å². The Morgan fingerprint density at radius 2 is 1.84 bits per heavy atom. The molecule has 2 bridgehead atoms. The first-order valence-electron chi connectivity index (χ1n) is 15.1. The largest absolute Gasteiger partial charge is 0.466 e. The van der Waals surface area contributed by atoms with Gasteiger partial charge in [-0.05, 0) is 81.7 Å². The number of rotatable bonds is 8. The number of hydrogen-bond acceptors (Lipinski definition) is 9. The van der Waals surface area contributed by atoms with Crippen LogP contribution in [-0.2, 0) is 19.6 Å². The van der Waals surface area contributed by atoms with Gasteiger partial charge in [0.05, 0.1) is 29.9 Å². The fourth-order valence-electron chi connectivity index (χ4n) is 6.84. The fourth-order valence-corrected chi connectivity index (χ4v) is 8.16. The quantitative estimate of drug-likeness (QED) is 0.199. The van der Waals surface area contributed by atoms with Gasteiger partial charge in [-0.25, -0.2) is 31.7 Å². The van der Waals surface area contributed by atoms with E-state index in [1.54, 1.807) is 37.3 Å². The number of nitrogens with one attached hydrogen (secondary N) is 1. The Balaban J connectivity index is 1.37. The molecular formula is C33H32FN5O5S. The molecule has 5 aromatic rings. The average Bonchev–Trinajstić information content (AvgIpc) is 3.71. The lowest BCUT2D eigenvalue weighted by atomic mass is 9.61. The first-order chi connectivity index (χ1) is 21.7. The lowest BCUT2D eigenvalue weighted by Crippen LogP contribution is -2.52. The Morgan fingerprint density at radius 3 is 2.56 bits per heavy atom. The molecule has 1 aromatic carbocycles. The second-order valence-corrected chi connectivity index (χ2v) is 13.6. The summed E-state index contributed by atoms with van der Waals surface area (Å²) < 4.78 is 54.4. The molecule has 3 fully saturated rings. The Hall–Kier alpha value is -4.58. The number of esters is 1. The topological polar surface area (TPSA) is 129 Å². The van der Waals surface area contributed by atoms with E-state index in [-0.39, 0.29) is 57.1 Å². The zero-order valence-corrected chi connectivity index (χ0v) is 25.6. The van der Waals surface area contributed by atoms with Crippen LogP contribution in [0.25, 0.3) is 33.9 Å². The molecule has 8 rings (SSSR count). The lowest BCUT2D eigenvalue weighted by molar-refractivity contribution is -0.154. The zero-order valence-electron chi connectivity index (χ0n) is 24.8. The highest BCUT2D eigenvalue weighted by Gasteiger charge is 2.48. The number of ether oxygens (including phenoxy) is 1. The third-order valence-corrected chi connectivity index (χ3v) is 10.7. The highest BCUT2D eigenvalue weighted by atomic mass is 32.2. The summed E-state index contributed by atoms with van der Waals surface area (Å²) in [7, 11) is -4.11. The number of fused-ring (bicyclic) bond motifs is 4. The van der Waals surface area contributed by atoms with Crippen molar-refractivity contribution in [3.63, 3.8) is 0 Å². The SMILES string of the molecule is CCOC(=O)[C@@H]1C2CCC(CC2)[C@H]1Nc1cc(-c2ccco2)nc(-c2cn(S(=O)(=O)c3ccc(C)cc3)c3ncc(F)cc23)n1. The molecule has 4 aromatic heterocycles. The maximum absolute atomic E-state index is 14.6. The summed E-state index contributed by atoms with van der Waals surface area (Å²) in [6.45, 7) is 3.98. The van der Waals surface area contributed by atoms with E-state index >= 15 is 0 Å². The van der Waals surface area contributed by atoms with Crippen LogP contribution in [0.2, 0.25) is 0 Å². The number of benzene rings is 1. The molecule has 0 unspecified atom stereocenters. The molecule has 0 amide bonds. The van der Waals surface area contributed by atoms with Gasteiger partial charge in [-0.1, -0.05) is 17.7 Å². The molecule has 0 aliphatic heterocycles. The maximum Gasteiger partial charge on any atom is 0.311 e. The van der Waals surface area contributed by atoms with Gasteiger partial charge in [0.15, 0.2) is 17.2 Å². The van der Waals surface area contributed by atoms with Crippen LogP contribution < -0.4 is 5.32 Å². The van der Waals surface area contributed by atoms with Crippen LogP contribution in [0.4, 0.5) is 10.2 Å². The second kappa shape index (κ2) is 11.4. The number of furan rings is 1. The number of aromatic nitrogens is 4. The molecule has 3 aliphatic rings. The molecule has 2 atom stereocenters. The van der Waals surface area contributed by atoms with E-state index in [9.17, 15) is 17.6 Å². The summed E-state index contributed by atoms with van der Waals surface area (Å²) in [5.74, 6) is 0.365. The Bertz CT molecular complexity index is 1980. The molecule has 12 heteroatoms. The van der Waals surface area contributed by atoms with Gasteiger partial charge in [0.25, 0.3) is 10.0 Å². The van der Waals surface area contributed by atoms with Gasteiger partial charge in [-0.15, -0.1) is 0 Å². The van der Waals surface area contributed by atoms with Crippen LogP contribution in [0, 0.1) is 30.5 Å². The van der Waals surface area contributed by atoms with E-state index < -0.39 is 15.8 Å². The van der Waals surface area contributed by atoms with Gasteiger partial charge in [-0.3, -0.25) is 4.79 Å². The lowest BCUT2D eigenvalue weighted by Gasteiger charge is -2.47. The predicted molar refractivity (Wildman–Crippen MR) is 165 cm³/mol. The molecule has 4 heterocycles. The molecule has 1 N–H and O–H groups in total. The van der Waals surface area contributed by atoms with E-state index in [1.165, 1.54) is 30.7 Å². The van der Waals surface area contributed by atoms with Crippen molar-refractivity contribution in [2.45, 2.75) is 50.5 Å². The number of hydrogen-bond donors (Lipinski definition) is 1. The predicted octanol–water partition coefficient (Wildman–Crippen LogP) is 6.22. The Morgan fingerprint density at radius 1 is 1.09 bits per heavy atom. The van der Waals surface area contributed by atoms with Crippen molar-refractivity contribution in [1.82, 2.24) is 18.9 Å². The summed E-state index contributed by atoms with van der Waals surface area (Å²) in [5.41, 5.74) is 1.66. The van der Waals surface area contributed by atoms with E-state index in [0.717, 1.165) is 41.4 Å². The van der Waals surface area contributed by atoms with Crippen molar-refractivity contribution in [3.8, 4) is 22.8 Å². The third kappa shape index (κ3) is 5.26. The number of carbonyl (C=O) groups is 1. The van der Waals surface area contributed by atoms with Crippen molar-refractivity contribution in [2.24, 2.45) is 17.8 Å². The summed E-state index contributed by atoms with van der Waals surface area (Å²) in [6, 6.07) is 12.7. The first kappa shape index (κ1) is 29.1. The van der Waals surface area contributed by atoms with Gasteiger partial charge < -0.3 is 14.5 Å². The Kier molecular flexibility index (Phi) is 7.39. The average molecular weight is 630 g/mol. The smallest absolute Gasteiger partial charge is 0.311 e. The number of pyridine rings is 1. The fraction of sp³-hybridized carbons (Fsp3) is 0.333. The molecule has 0 radical (unpaired) electrons. The standard InChI is InChI=1S/C33H32FN5O5S/c1-3-43-33(40)29-20-8-10-21(11-9-20)30(29)37-28-16-26(27-5-4-14-44-27)36-31(38-28)25-18-39(32-24(25)15-22(34)17-35-32)45(41,42)23-12-6-19(2)7-13-23/h4-7,12-18,20-21,29-30H,3,8-11H2,1-2H3,(H,36,37,38)/t20?,21?,29-,30-/m1/s1. The minimum atomic E-state index is -4.11. The molecular weight excluding hydrogens is 597 g/mol. The summed E-state index contributed by atoms with van der Waals surface area (Å²) in [5, 5.41) is 3.76. The molecule has 3 aliphatic carbocycles. The van der Waals surface area contributed by atoms with Crippen molar-refractivity contribution < 1.29 is 26.8 Å². The van der Waals surface area contributed by atoms with Gasteiger partial charge in [0.1, 0.15) is 17.3 Å². The van der Waals surface area contributed by atoms with Crippen LogP contribution in [0.3, 0.4) is 0 Å². The van der Waals surface area contributed by atoms with Crippen LogP contribution in [0.5, 0.6) is 0 Å². The summed E-state index contributed by atoms with van der Waals surface area (Å²) in [4.78, 5) is 26.9. The minimum Gasteiger partial charge on any atom is -0.466 e. The zero-order chi connectivity index (χ0) is 31.3. The molecule has 0 saturated heterocycles. The monoisotopic (exact) mass is 629 g/mol. The van der Waals surface area contributed by atoms with E-state index in [1.807, 2.05) is 6.92 Å². The number of nitrogens with zero attached hydrogens (tertiary/aromatic N) is 4. The minimum absolute atomic E-state index is 0.0421. The van der Waals surface area contributed by atoms with Crippen LogP contribution in [0.15, 0.2) is 76.5 Å². The number of anilines is 1. The molecule has 0 spiro atoms. The number of aryl methyl sites for hydroxylation is 1. The van der Waals surface area contributed by atoms with Gasteiger partial charge >= 0.3 is 5.97 Å². The number of halogens is 1. The van der Waals surface area contributed by atoms with Crippen molar-refractivity contribution in [3.05, 3.63) is 78.6 Å². The summed E-state index contributed by atoms with van der Waals surface area (Å²) in [6.07, 6.45) is 7.84. The third-order valence-electron chi connectivity index (χ3n) is 8.99. The molecule has 232 valence electrons. The first-order valence-corrected chi connectivity index (χ1v) is 16.5. The van der Waals surface area contributed by atoms with E-state index in [4.69, 9.17) is 19.1 Å². The van der Waals surface area contributed by atoms with Gasteiger partial charge in [-0.2, -0.15) is 0 Å². The molecule has 45 heavy (non-hydrogen) atoms. The van der Waals surface area contributed by atoms with E-state index in [2.05, 4.69) is 10.3 Å². The maximum atomic E-state index is 14.6. The number of carbonyl (C=O) groups excluding carboxylic acids is 1.